The van der Waals surface area contributed by atoms with E-state index < -0.39 is 101 Å². The number of alkyl halides is 1. The Bertz CT molecular complexity index is 5220. The highest BCUT2D eigenvalue weighted by atomic mass is 35.5. The fraction of sp³-hybridized carbons (Fsp3) is 0.484. The maximum Gasteiger partial charge on any atom is 0.410 e. The minimum absolute atomic E-state index is 0. The molecule has 6 aromatic rings. The van der Waals surface area contributed by atoms with Gasteiger partial charge in [0.1, 0.15) is 36.0 Å². The molecule has 2 aliphatic heterocycles. The first-order valence-electron chi connectivity index (χ1n) is 43.8. The molecule has 14 N–H and O–H groups in total. The van der Waals surface area contributed by atoms with Crippen LogP contribution in [0.4, 0.5) is 45.5 Å². The van der Waals surface area contributed by atoms with Gasteiger partial charge in [-0.05, 0) is 124 Å². The second-order valence-corrected chi connectivity index (χ2v) is 32.0. The van der Waals surface area contributed by atoms with Gasteiger partial charge in [0.05, 0.1) is 48.9 Å². The number of aromatic carboxylic acids is 2. The fourth-order valence-corrected chi connectivity index (χ4v) is 14.0. The van der Waals surface area contributed by atoms with Crippen molar-refractivity contribution in [1.82, 2.24) is 44.7 Å². The van der Waals surface area contributed by atoms with Gasteiger partial charge in [-0.2, -0.15) is 0 Å². The van der Waals surface area contributed by atoms with E-state index in [1.54, 1.807) is 130 Å². The molecule has 2 aliphatic rings. The highest BCUT2D eigenvalue weighted by molar-refractivity contribution is 6.00. The number of carbonyl (C=O) groups is 12. The number of amides is 8. The molecule has 132 heavy (non-hydrogen) atoms. The van der Waals surface area contributed by atoms with Crippen LogP contribution in [0.1, 0.15) is 152 Å². The quantitative estimate of drug-likeness (QED) is 0.0126. The summed E-state index contributed by atoms with van der Waals surface area (Å²) >= 11 is 0. The number of amidine groups is 1. The zero-order valence-electron chi connectivity index (χ0n) is 77.8. The number of guanidine groups is 1. The van der Waals surface area contributed by atoms with Gasteiger partial charge in [-0.3, -0.25) is 62.3 Å². The molecular weight excluding hydrogens is 1740 g/mol. The number of benzene rings is 4. The second kappa shape index (κ2) is 55.7. The number of hydrogen-bond donors (Lipinski definition) is 11. The van der Waals surface area contributed by atoms with Gasteiger partial charge in [0.2, 0.25) is 46.3 Å². The normalized spacial score (nSPS) is 13.6. The van der Waals surface area contributed by atoms with Crippen molar-refractivity contribution < 1.29 is 91.8 Å². The van der Waals surface area contributed by atoms with Gasteiger partial charge in [-0.1, -0.05) is 58.9 Å². The zero-order chi connectivity index (χ0) is 98.2. The Balaban J connectivity index is 0.000000492. The number of nitrogens with zero attached hydrogens (tertiary/aromatic N) is 10. The predicted molar refractivity (Wildman–Crippen MR) is 502 cm³/mol. The van der Waals surface area contributed by atoms with E-state index in [2.05, 4.69) is 36.6 Å². The molecule has 722 valence electrons. The number of nitrogens with two attached hydrogens (primary N) is 3. The lowest BCUT2D eigenvalue weighted by Crippen LogP contribution is -2.49. The number of ether oxygens (including phenoxy) is 2. The third kappa shape index (κ3) is 33.9. The van der Waals surface area contributed by atoms with Gasteiger partial charge in [0.25, 0.3) is 0 Å². The number of aryl methyl sites for hydroxylation is 2. The van der Waals surface area contributed by atoms with E-state index in [1.807, 2.05) is 20.8 Å². The number of aromatic nitrogens is 2. The molecule has 2 aromatic heterocycles. The number of ketones is 2. The minimum Gasteiger partial charge on any atom is -0.477 e. The Morgan fingerprint density at radius 2 is 0.977 bits per heavy atom. The number of halogens is 4. The first-order valence-corrected chi connectivity index (χ1v) is 43.1. The van der Waals surface area contributed by atoms with Crippen LogP contribution in [0.15, 0.2) is 117 Å². The molecule has 37 nitrogen and oxygen atoms in total. The van der Waals surface area contributed by atoms with Gasteiger partial charge in [-0.15, -0.1) is 12.4 Å². The fourth-order valence-electron chi connectivity index (χ4n) is 14.0. The van der Waals surface area contributed by atoms with Crippen molar-refractivity contribution in [1.29, 1.82) is 5.41 Å². The zero-order valence-corrected chi connectivity index (χ0v) is 77.7. The summed E-state index contributed by atoms with van der Waals surface area (Å²) in [5.74, 6) is -7.60. The van der Waals surface area contributed by atoms with Gasteiger partial charge in [0.15, 0.2) is 17.5 Å². The number of rotatable bonds is 40. The molecule has 2 fully saturated rings. The number of fused-ring (bicyclic) bond motifs is 2. The standard InChI is InChI=1S/C44H59FN8O9.C41H54FN7O9.C5H10N4.CH3F.ClH/c1-7-37(46)47-17-16-29(22-36(54)40(27(3)4)49-38(55)10-9-11-39(56)50(5)6)42(58)48-30-14-12-28(13-15-30)26-62-44(61)53-20-18-52(19-21-53)35-24-34-31(23-33(35)45)41(57)32(43(59)60)25-51(34)8-2;1-6-47-23-30(40(55)56)38(53)29-21-31(42)33(22-32(29)47)48-16-18-49(19-17-48)41(57)58-24-26-10-12-28(13-11-26)44-39(54)27(14-15-43)20-34(50)37(25(2)3)45-35(51)8-7-9-36(52)46(4)5;1-8-5(7)9-4-2-3-6;1-2;/h12-15,23-25,27,29,40H,7-11,16-22,26H2,1-6H3,(H2,46,47)(H,48,58)(H,49,55)(H,59,60);10-13,21-23,25,27,37H,6-9,14-20,24,43H2,1-5H3,(H,44,54)(H,45,51)(H,55,56);2-4,6H,1H3,(H3,7,8,9);1H3;1H/b;;4-2-,6-3?;;/t29-,40+;27-,37+;;;/m11.../s1/i;;;1D;. The number of pyridine rings is 2. The van der Waals surface area contributed by atoms with Crippen LogP contribution < -0.4 is 64.4 Å². The van der Waals surface area contributed by atoms with Crippen molar-refractivity contribution in [3.8, 4) is 0 Å². The number of nitrogens with one attached hydrogen (secondary N) is 6. The molecule has 8 rings (SSSR count). The number of carboxylic acid groups (broad SMARTS) is 2. The van der Waals surface area contributed by atoms with Crippen molar-refractivity contribution in [3.05, 3.63) is 152 Å². The van der Waals surface area contributed by atoms with Crippen molar-refractivity contribution in [2.24, 2.45) is 50.9 Å². The van der Waals surface area contributed by atoms with Crippen LogP contribution in [-0.2, 0) is 74.1 Å². The van der Waals surface area contributed by atoms with Gasteiger partial charge >= 0.3 is 24.1 Å². The summed E-state index contributed by atoms with van der Waals surface area (Å²) in [4.78, 5) is 195. The Hall–Kier alpha value is -13.3. The summed E-state index contributed by atoms with van der Waals surface area (Å²) in [5, 5.41) is 39.3. The molecule has 0 spiro atoms. The van der Waals surface area contributed by atoms with Crippen molar-refractivity contribution in [2.75, 3.05) is 128 Å². The molecule has 0 unspecified atom stereocenters. The summed E-state index contributed by atoms with van der Waals surface area (Å²) < 4.78 is 60.4. The lowest BCUT2D eigenvalue weighted by Gasteiger charge is -2.35. The molecular formula is C91H127ClF3N19O18. The monoisotopic (exact) mass is 1870 g/mol. The third-order valence-electron chi connectivity index (χ3n) is 21.6. The number of hydrogen-bond acceptors (Lipinski definition) is 22. The highest BCUT2D eigenvalue weighted by Gasteiger charge is 2.34. The number of carbonyl (C=O) groups excluding carboxylic acids is 10. The van der Waals surface area contributed by atoms with Crippen molar-refractivity contribution >= 4 is 146 Å². The molecule has 0 aliphatic carbocycles. The predicted octanol–water partition coefficient (Wildman–Crippen LogP) is 8.66. The molecule has 2 saturated heterocycles. The highest BCUT2D eigenvalue weighted by Crippen LogP contribution is 2.30. The van der Waals surface area contributed by atoms with Crippen LogP contribution in [0.25, 0.3) is 21.8 Å². The SMILES string of the molecule is CCC(N)=NCC[C@H](CC(=O)[C@@H](NC(=O)CCCC(=O)N(C)C)C(C)C)C(=O)Nc1ccc(COC(=O)N2CCN(c3cc4c(cc3F)c(=O)c(C(=O)O)cn4CC)CC2)cc1.CCn1cc(C(=O)O)c(=O)c2cc(F)c(N3CCN(C(=O)OCc4ccc(NC(=O)[C@H](CCN)CC(=O)[C@@H](NC(=O)CCCC(=O)N(C)C)C(C)C)cc4)CC3)cc21.CN=C(N)N/C=C\C=N.Cl.[2H]CF. The van der Waals surface area contributed by atoms with Gasteiger partial charge in [0, 0.05) is 211 Å². The average molecular weight is 1870 g/mol. The topological polar surface area (TPSA) is 514 Å². The Morgan fingerprint density at radius 1 is 0.598 bits per heavy atom. The van der Waals surface area contributed by atoms with E-state index in [9.17, 15) is 81.7 Å². The summed E-state index contributed by atoms with van der Waals surface area (Å²) in [7, 11) is 7.16. The van der Waals surface area contributed by atoms with Gasteiger partial charge < -0.3 is 107 Å². The Kier molecular flexibility index (Phi) is 46.1. The number of allylic oxidation sites excluding steroid dienone is 1. The molecule has 41 heteroatoms. The Labute approximate surface area is 772 Å². The Morgan fingerprint density at radius 3 is 1.30 bits per heavy atom. The number of carboxylic acids is 2. The molecule has 4 heterocycles. The molecule has 4 atom stereocenters. The van der Waals surface area contributed by atoms with Crippen LogP contribution in [-0.4, -0.2) is 248 Å². The largest absolute Gasteiger partial charge is 0.477 e. The maximum atomic E-state index is 15.3. The maximum absolute atomic E-state index is 15.3. The lowest BCUT2D eigenvalue weighted by atomic mass is 9.90. The smallest absolute Gasteiger partial charge is 0.410 e. The van der Waals surface area contributed by atoms with E-state index >= 15 is 8.78 Å². The van der Waals surface area contributed by atoms with E-state index in [0.717, 1.165) is 18.3 Å². The second-order valence-electron chi connectivity index (χ2n) is 32.0. The number of Topliss-reactive ketones (excluding diaryl/α,β-unsaturated/α-hetero) is 2. The van der Waals surface area contributed by atoms with E-state index in [4.69, 9.17) is 33.5 Å². The average Bonchev–Trinajstić information content (AvgIpc) is 0.765. The van der Waals surface area contributed by atoms with Crippen LogP contribution >= 0.6 is 12.4 Å². The summed E-state index contributed by atoms with van der Waals surface area (Å²) in [5.41, 5.74) is 18.0. The van der Waals surface area contributed by atoms with Crippen molar-refractivity contribution in [2.45, 2.75) is 157 Å². The van der Waals surface area contributed by atoms with Crippen LogP contribution in [0.3, 0.4) is 0 Å². The molecule has 0 bridgehead atoms. The summed E-state index contributed by atoms with van der Waals surface area (Å²) in [6.45, 7) is 15.8. The van der Waals surface area contributed by atoms with E-state index in [0.29, 0.717) is 90.8 Å². The summed E-state index contributed by atoms with van der Waals surface area (Å²) in [6.07, 6.45) is 7.65. The molecule has 0 radical (unpaired) electrons. The number of anilines is 4. The molecule has 4 aromatic carbocycles. The van der Waals surface area contributed by atoms with Crippen LogP contribution in [0, 0.1) is 40.7 Å². The van der Waals surface area contributed by atoms with Crippen LogP contribution in [0.2, 0.25) is 0 Å². The third-order valence-corrected chi connectivity index (χ3v) is 21.6. The molecule has 8 amide bonds. The number of aliphatic imine (C=N–C) groups is 2. The lowest BCUT2D eigenvalue weighted by molar-refractivity contribution is -0.132. The van der Waals surface area contributed by atoms with Crippen LogP contribution in [0.5, 0.6) is 0 Å². The van der Waals surface area contributed by atoms with Crippen molar-refractivity contribution in [3.63, 3.8) is 0 Å². The minimum atomic E-state index is -1.38. The first kappa shape index (κ1) is 109. The molecule has 0 saturated carbocycles. The van der Waals surface area contributed by atoms with E-state index in [1.165, 1.54) is 56.4 Å². The van der Waals surface area contributed by atoms with E-state index in [-0.39, 0.29) is 199 Å². The summed E-state index contributed by atoms with van der Waals surface area (Å²) in [6, 6.07) is 17.0. The van der Waals surface area contributed by atoms with Gasteiger partial charge in [-0.25, -0.2) is 28.0 Å². The first-order chi connectivity index (χ1) is 62.7. The number of piperazine rings is 2.